The number of aliphatic imine (C=N–C) groups is 1. The highest BCUT2D eigenvalue weighted by Crippen LogP contribution is 2.38. The maximum atomic E-state index is 4.40. The Morgan fingerprint density at radius 1 is 1.33 bits per heavy atom. The monoisotopic (exact) mass is 206 g/mol. The molecular formula is C13H22N2. The van der Waals surface area contributed by atoms with Crippen LogP contribution in [0.5, 0.6) is 0 Å². The third-order valence-corrected chi connectivity index (χ3v) is 3.96. The maximum absolute atomic E-state index is 4.40. The first-order chi connectivity index (χ1) is 7.24. The van der Waals surface area contributed by atoms with Gasteiger partial charge in [0.1, 0.15) is 0 Å². The Bertz CT molecular complexity index is 282. The molecule has 2 bridgehead atoms. The number of fused-ring (bicyclic) bond motifs is 2. The Balaban J connectivity index is 2.25. The van der Waals surface area contributed by atoms with Crippen LogP contribution in [0.3, 0.4) is 0 Å². The molecule has 0 spiro atoms. The van der Waals surface area contributed by atoms with Crippen molar-refractivity contribution >= 4 is 6.21 Å². The molecule has 2 aliphatic heterocycles. The van der Waals surface area contributed by atoms with Crippen molar-refractivity contribution in [1.82, 2.24) is 5.32 Å². The van der Waals surface area contributed by atoms with Gasteiger partial charge in [-0.05, 0) is 32.1 Å². The van der Waals surface area contributed by atoms with Crippen molar-refractivity contribution in [2.75, 3.05) is 0 Å². The van der Waals surface area contributed by atoms with E-state index in [9.17, 15) is 0 Å². The molecule has 0 aromatic carbocycles. The minimum absolute atomic E-state index is 0.190. The van der Waals surface area contributed by atoms with E-state index >= 15 is 0 Å². The summed E-state index contributed by atoms with van der Waals surface area (Å²) in [6, 6.07) is 0. The zero-order chi connectivity index (χ0) is 10.8. The highest BCUT2D eigenvalue weighted by Gasteiger charge is 2.44. The molecule has 0 saturated carbocycles. The van der Waals surface area contributed by atoms with Gasteiger partial charge in [0.25, 0.3) is 0 Å². The Labute approximate surface area is 92.9 Å². The molecule has 2 heteroatoms. The van der Waals surface area contributed by atoms with Crippen molar-refractivity contribution in [1.29, 1.82) is 0 Å². The van der Waals surface area contributed by atoms with E-state index < -0.39 is 0 Å². The van der Waals surface area contributed by atoms with E-state index in [0.29, 0.717) is 5.54 Å². The summed E-state index contributed by atoms with van der Waals surface area (Å²) in [5, 5.41) is 3.87. The van der Waals surface area contributed by atoms with Crippen LogP contribution in [0.15, 0.2) is 17.3 Å². The minimum atomic E-state index is 0.190. The lowest BCUT2D eigenvalue weighted by atomic mass is 9.90. The average molecular weight is 206 g/mol. The van der Waals surface area contributed by atoms with Gasteiger partial charge in [-0.3, -0.25) is 4.99 Å². The molecule has 2 rings (SSSR count). The highest BCUT2D eigenvalue weighted by atomic mass is 15.1. The smallest absolute Gasteiger partial charge is 0.0543 e. The summed E-state index contributed by atoms with van der Waals surface area (Å²) in [7, 11) is 0. The molecule has 2 aliphatic rings. The van der Waals surface area contributed by atoms with E-state index in [1.807, 2.05) is 6.20 Å². The fourth-order valence-corrected chi connectivity index (χ4v) is 3.00. The van der Waals surface area contributed by atoms with Crippen LogP contribution in [0, 0.1) is 0 Å². The quantitative estimate of drug-likeness (QED) is 0.754. The van der Waals surface area contributed by atoms with Crippen LogP contribution >= 0.6 is 0 Å². The molecule has 1 N–H and O–H groups in total. The van der Waals surface area contributed by atoms with Gasteiger partial charge in [-0.25, -0.2) is 0 Å². The summed E-state index contributed by atoms with van der Waals surface area (Å²) in [4.78, 5) is 4.40. The Morgan fingerprint density at radius 3 is 2.93 bits per heavy atom. The Hall–Kier alpha value is -0.630. The Morgan fingerprint density at radius 2 is 2.20 bits per heavy atom. The van der Waals surface area contributed by atoms with Crippen molar-refractivity contribution < 1.29 is 0 Å². The van der Waals surface area contributed by atoms with Crippen LogP contribution in [0.4, 0.5) is 0 Å². The predicted octanol–water partition coefficient (Wildman–Crippen LogP) is 3.05. The van der Waals surface area contributed by atoms with Crippen molar-refractivity contribution in [2.45, 2.75) is 63.5 Å². The summed E-state index contributed by atoms with van der Waals surface area (Å²) in [6.45, 7) is 4.55. The van der Waals surface area contributed by atoms with Crippen LogP contribution in [-0.2, 0) is 0 Å². The van der Waals surface area contributed by atoms with Crippen molar-refractivity contribution in [3.63, 3.8) is 0 Å². The van der Waals surface area contributed by atoms with Crippen molar-refractivity contribution in [2.24, 2.45) is 4.99 Å². The van der Waals surface area contributed by atoms with Gasteiger partial charge in [0.15, 0.2) is 0 Å². The minimum Gasteiger partial charge on any atom is -0.301 e. The van der Waals surface area contributed by atoms with Gasteiger partial charge < -0.3 is 5.32 Å². The molecule has 84 valence electrons. The molecule has 2 heterocycles. The zero-order valence-corrected chi connectivity index (χ0v) is 9.92. The molecule has 15 heavy (non-hydrogen) atoms. The summed E-state index contributed by atoms with van der Waals surface area (Å²) >= 11 is 0. The maximum Gasteiger partial charge on any atom is 0.0543 e. The van der Waals surface area contributed by atoms with Crippen LogP contribution in [0.25, 0.3) is 0 Å². The molecule has 0 radical (unpaired) electrons. The molecule has 0 amide bonds. The SMILES string of the molecule is CCCC12/C=N\C=CCC(CC)(CC1)N2. The molecule has 1 saturated heterocycles. The topological polar surface area (TPSA) is 24.4 Å². The van der Waals surface area contributed by atoms with Gasteiger partial charge in [-0.2, -0.15) is 0 Å². The summed E-state index contributed by atoms with van der Waals surface area (Å²) in [5.41, 5.74) is 0.535. The third-order valence-electron chi connectivity index (χ3n) is 3.96. The van der Waals surface area contributed by atoms with Gasteiger partial charge in [0.05, 0.1) is 5.54 Å². The lowest BCUT2D eigenvalue weighted by Crippen LogP contribution is -2.51. The molecule has 2 nitrogen and oxygen atoms in total. The van der Waals surface area contributed by atoms with Gasteiger partial charge in [0, 0.05) is 18.0 Å². The summed E-state index contributed by atoms with van der Waals surface area (Å²) in [6.07, 6.45) is 13.6. The first-order valence-corrected chi connectivity index (χ1v) is 6.23. The molecular weight excluding hydrogens is 184 g/mol. The lowest BCUT2D eigenvalue weighted by Gasteiger charge is -2.34. The largest absolute Gasteiger partial charge is 0.301 e. The van der Waals surface area contributed by atoms with E-state index in [0.717, 1.165) is 6.42 Å². The zero-order valence-electron chi connectivity index (χ0n) is 9.92. The number of rotatable bonds is 3. The Kier molecular flexibility index (Phi) is 2.96. The van der Waals surface area contributed by atoms with Crippen LogP contribution in [-0.4, -0.2) is 17.3 Å². The first-order valence-electron chi connectivity index (χ1n) is 6.23. The molecule has 0 aromatic rings. The average Bonchev–Trinajstić information content (AvgIpc) is 2.59. The van der Waals surface area contributed by atoms with E-state index in [1.54, 1.807) is 0 Å². The van der Waals surface area contributed by atoms with Gasteiger partial charge >= 0.3 is 0 Å². The van der Waals surface area contributed by atoms with Gasteiger partial charge in [-0.1, -0.05) is 26.3 Å². The molecule has 2 unspecified atom stereocenters. The summed E-state index contributed by atoms with van der Waals surface area (Å²) in [5.74, 6) is 0. The molecule has 1 fully saturated rings. The first kappa shape index (κ1) is 10.9. The number of hydrogen-bond donors (Lipinski definition) is 1. The van der Waals surface area contributed by atoms with E-state index in [2.05, 4.69) is 36.4 Å². The van der Waals surface area contributed by atoms with Gasteiger partial charge in [-0.15, -0.1) is 0 Å². The second kappa shape index (κ2) is 4.09. The van der Waals surface area contributed by atoms with Crippen LogP contribution < -0.4 is 5.32 Å². The predicted molar refractivity (Wildman–Crippen MR) is 65.3 cm³/mol. The highest BCUT2D eigenvalue weighted by molar-refractivity contribution is 5.72. The third kappa shape index (κ3) is 2.00. The fraction of sp³-hybridized carbons (Fsp3) is 0.769. The normalized spacial score (nSPS) is 41.2. The number of nitrogens with one attached hydrogen (secondary N) is 1. The lowest BCUT2D eigenvalue weighted by molar-refractivity contribution is 0.320. The van der Waals surface area contributed by atoms with E-state index in [-0.39, 0.29) is 5.54 Å². The van der Waals surface area contributed by atoms with E-state index in [4.69, 9.17) is 0 Å². The van der Waals surface area contributed by atoms with E-state index in [1.165, 1.54) is 32.1 Å². The molecule has 0 aliphatic carbocycles. The fourth-order valence-electron chi connectivity index (χ4n) is 3.00. The van der Waals surface area contributed by atoms with Gasteiger partial charge in [0.2, 0.25) is 0 Å². The number of nitrogens with zero attached hydrogens (tertiary/aromatic N) is 1. The standard InChI is InChI=1S/C13H22N2/c1-3-6-13-9-8-12(4-2,15-13)7-5-10-14-11-13/h5,10-11,15H,3-4,6-9H2,1-2H3/b10-5?,14-11-. The van der Waals surface area contributed by atoms with Crippen LogP contribution in [0.1, 0.15) is 52.4 Å². The number of hydrogen-bond acceptors (Lipinski definition) is 2. The van der Waals surface area contributed by atoms with Crippen molar-refractivity contribution in [3.8, 4) is 0 Å². The van der Waals surface area contributed by atoms with Crippen molar-refractivity contribution in [3.05, 3.63) is 12.3 Å². The molecule has 2 atom stereocenters. The van der Waals surface area contributed by atoms with Crippen LogP contribution in [0.2, 0.25) is 0 Å². The molecule has 0 aromatic heterocycles. The second-order valence-electron chi connectivity index (χ2n) is 5.03. The second-order valence-corrected chi connectivity index (χ2v) is 5.03. The summed E-state index contributed by atoms with van der Waals surface area (Å²) < 4.78 is 0.